The van der Waals surface area contributed by atoms with Crippen LogP contribution in [0, 0.1) is 12.8 Å². The second-order valence-corrected chi connectivity index (χ2v) is 7.34. The Hall–Kier alpha value is -3.17. The van der Waals surface area contributed by atoms with Crippen LogP contribution in [0.4, 0.5) is 0 Å². The van der Waals surface area contributed by atoms with Crippen LogP contribution in [-0.4, -0.2) is 56.1 Å². The Balaban J connectivity index is 1.51. The second-order valence-electron chi connectivity index (χ2n) is 7.34. The number of hydrogen-bond acceptors (Lipinski definition) is 5. The lowest BCUT2D eigenvalue weighted by Crippen LogP contribution is -2.42. The first-order valence-electron chi connectivity index (χ1n) is 9.82. The van der Waals surface area contributed by atoms with Crippen LogP contribution >= 0.6 is 0 Å². The number of carbonyl (C=O) groups excluding carboxylic acids is 2. The van der Waals surface area contributed by atoms with Crippen molar-refractivity contribution < 1.29 is 9.59 Å². The van der Waals surface area contributed by atoms with Gasteiger partial charge in [-0.1, -0.05) is 6.92 Å². The highest BCUT2D eigenvalue weighted by Gasteiger charge is 2.25. The Morgan fingerprint density at radius 2 is 1.97 bits per heavy atom. The zero-order valence-corrected chi connectivity index (χ0v) is 16.7. The molecule has 2 aromatic rings. The molecule has 0 radical (unpaired) electrons. The third-order valence-corrected chi connectivity index (χ3v) is 5.09. The molecule has 0 atom stereocenters. The molecule has 1 aliphatic heterocycles. The summed E-state index contributed by atoms with van der Waals surface area (Å²) in [6.45, 7) is 6.19. The fourth-order valence-corrected chi connectivity index (χ4v) is 3.51. The van der Waals surface area contributed by atoms with Gasteiger partial charge in [0.15, 0.2) is 0 Å². The van der Waals surface area contributed by atoms with Gasteiger partial charge in [0, 0.05) is 38.4 Å². The van der Waals surface area contributed by atoms with E-state index in [2.05, 4.69) is 22.3 Å². The molecule has 3 rings (SSSR count). The summed E-state index contributed by atoms with van der Waals surface area (Å²) in [6, 6.07) is 1.09. The number of nitrogens with one attached hydrogen (secondary N) is 3. The standard InChI is InChI=1S/C19H26N6O4/c1-3-6-25-11-14(12(2)23-25)17(27)20-10-13-4-7-24(8-5-13)18(28)15-9-16(26)22-19(29)21-15/h9,11,13H,3-8,10H2,1-2H3,(H,20,27)(H2,21,22,26,29). The molecule has 1 aliphatic rings. The summed E-state index contributed by atoms with van der Waals surface area (Å²) in [5.74, 6) is -0.244. The van der Waals surface area contributed by atoms with E-state index in [1.807, 2.05) is 11.9 Å². The maximum Gasteiger partial charge on any atom is 0.326 e. The molecular formula is C19H26N6O4. The molecule has 1 fully saturated rings. The van der Waals surface area contributed by atoms with Crippen molar-refractivity contribution in [2.45, 2.75) is 39.7 Å². The summed E-state index contributed by atoms with van der Waals surface area (Å²) in [5.41, 5.74) is -0.0131. The predicted octanol–water partition coefficient (Wildman–Crippen LogP) is 0.260. The lowest BCUT2D eigenvalue weighted by atomic mass is 9.96. The third-order valence-electron chi connectivity index (χ3n) is 5.09. The smallest absolute Gasteiger partial charge is 0.326 e. The molecule has 2 aromatic heterocycles. The van der Waals surface area contributed by atoms with E-state index in [-0.39, 0.29) is 23.4 Å². The van der Waals surface area contributed by atoms with E-state index in [1.165, 1.54) is 0 Å². The first-order chi connectivity index (χ1) is 13.9. The molecule has 0 aromatic carbocycles. The SMILES string of the molecule is CCCn1cc(C(=O)NCC2CCN(C(=O)c3cc(=O)[nH]c(=O)[nH]3)CC2)c(C)n1. The fourth-order valence-electron chi connectivity index (χ4n) is 3.51. The summed E-state index contributed by atoms with van der Waals surface area (Å²) < 4.78 is 1.79. The number of hydrogen-bond donors (Lipinski definition) is 3. The van der Waals surface area contributed by atoms with Gasteiger partial charge in [0.25, 0.3) is 17.4 Å². The summed E-state index contributed by atoms with van der Waals surface area (Å²) in [4.78, 5) is 53.7. The zero-order valence-electron chi connectivity index (χ0n) is 16.7. The lowest BCUT2D eigenvalue weighted by molar-refractivity contribution is 0.0677. The maximum atomic E-state index is 12.5. The molecule has 29 heavy (non-hydrogen) atoms. The fraction of sp³-hybridized carbons (Fsp3) is 0.526. The number of aryl methyl sites for hydroxylation is 2. The van der Waals surface area contributed by atoms with E-state index in [9.17, 15) is 19.2 Å². The van der Waals surface area contributed by atoms with Gasteiger partial charge >= 0.3 is 5.69 Å². The van der Waals surface area contributed by atoms with E-state index in [0.29, 0.717) is 30.9 Å². The van der Waals surface area contributed by atoms with E-state index >= 15 is 0 Å². The van der Waals surface area contributed by atoms with Crippen molar-refractivity contribution in [1.82, 2.24) is 30.0 Å². The molecule has 3 N–H and O–H groups in total. The minimum atomic E-state index is -0.698. The van der Waals surface area contributed by atoms with Crippen LogP contribution in [0.5, 0.6) is 0 Å². The van der Waals surface area contributed by atoms with Gasteiger partial charge in [-0.3, -0.25) is 24.0 Å². The van der Waals surface area contributed by atoms with Crippen LogP contribution in [0.15, 0.2) is 21.9 Å². The van der Waals surface area contributed by atoms with Crippen molar-refractivity contribution in [2.75, 3.05) is 19.6 Å². The van der Waals surface area contributed by atoms with Gasteiger partial charge in [-0.25, -0.2) is 4.79 Å². The van der Waals surface area contributed by atoms with E-state index in [0.717, 1.165) is 31.9 Å². The van der Waals surface area contributed by atoms with E-state index in [1.54, 1.807) is 15.8 Å². The van der Waals surface area contributed by atoms with Crippen LogP contribution in [-0.2, 0) is 6.54 Å². The van der Waals surface area contributed by atoms with Crippen LogP contribution in [0.2, 0.25) is 0 Å². The molecule has 0 aliphatic carbocycles. The van der Waals surface area contributed by atoms with Crippen molar-refractivity contribution in [3.8, 4) is 0 Å². The molecular weight excluding hydrogens is 376 g/mol. The van der Waals surface area contributed by atoms with Crippen LogP contribution in [0.3, 0.4) is 0 Å². The minimum Gasteiger partial charge on any atom is -0.352 e. The molecule has 0 unspecified atom stereocenters. The summed E-state index contributed by atoms with van der Waals surface area (Å²) in [5, 5.41) is 7.32. The van der Waals surface area contributed by atoms with Gasteiger partial charge < -0.3 is 15.2 Å². The largest absolute Gasteiger partial charge is 0.352 e. The average molecular weight is 402 g/mol. The Morgan fingerprint density at radius 1 is 1.24 bits per heavy atom. The molecule has 2 amide bonds. The topological polar surface area (TPSA) is 133 Å². The number of piperidine rings is 1. The molecule has 10 nitrogen and oxygen atoms in total. The van der Waals surface area contributed by atoms with Crippen LogP contribution in [0.1, 0.15) is 52.7 Å². The number of amides is 2. The lowest BCUT2D eigenvalue weighted by Gasteiger charge is -2.31. The first-order valence-corrected chi connectivity index (χ1v) is 9.82. The maximum absolute atomic E-state index is 12.5. The Kier molecular flexibility index (Phi) is 6.30. The number of aromatic nitrogens is 4. The van der Waals surface area contributed by atoms with Crippen LogP contribution < -0.4 is 16.6 Å². The third kappa shape index (κ3) is 5.01. The van der Waals surface area contributed by atoms with Crippen molar-refractivity contribution in [3.63, 3.8) is 0 Å². The molecule has 1 saturated heterocycles. The van der Waals surface area contributed by atoms with Crippen molar-refractivity contribution in [1.29, 1.82) is 0 Å². The van der Waals surface area contributed by atoms with Gasteiger partial charge in [-0.05, 0) is 32.1 Å². The van der Waals surface area contributed by atoms with E-state index in [4.69, 9.17) is 0 Å². The molecule has 0 spiro atoms. The van der Waals surface area contributed by atoms with Crippen molar-refractivity contribution in [2.24, 2.45) is 5.92 Å². The van der Waals surface area contributed by atoms with Crippen LogP contribution in [0.25, 0.3) is 0 Å². The number of nitrogens with zero attached hydrogens (tertiary/aromatic N) is 3. The van der Waals surface area contributed by atoms with Crippen molar-refractivity contribution in [3.05, 3.63) is 50.1 Å². The van der Waals surface area contributed by atoms with Gasteiger partial charge in [0.1, 0.15) is 5.69 Å². The molecule has 10 heteroatoms. The normalized spacial score (nSPS) is 14.8. The van der Waals surface area contributed by atoms with E-state index < -0.39 is 11.2 Å². The predicted molar refractivity (Wildman–Crippen MR) is 106 cm³/mol. The number of H-pyrrole nitrogens is 2. The number of carbonyl (C=O) groups is 2. The van der Waals surface area contributed by atoms with Gasteiger partial charge in [-0.15, -0.1) is 0 Å². The van der Waals surface area contributed by atoms with Gasteiger partial charge in [-0.2, -0.15) is 5.10 Å². The highest BCUT2D eigenvalue weighted by atomic mass is 16.2. The Labute approximate surface area is 167 Å². The minimum absolute atomic E-state index is 0.00920. The van der Waals surface area contributed by atoms with Crippen molar-refractivity contribution >= 4 is 11.8 Å². The highest BCUT2D eigenvalue weighted by Crippen LogP contribution is 2.18. The zero-order chi connectivity index (χ0) is 21.0. The monoisotopic (exact) mass is 402 g/mol. The second kappa shape index (κ2) is 8.89. The average Bonchev–Trinajstić information content (AvgIpc) is 3.06. The first kappa shape index (κ1) is 20.6. The summed E-state index contributed by atoms with van der Waals surface area (Å²) in [6.07, 6.45) is 4.18. The number of likely N-dealkylation sites (tertiary alicyclic amines) is 1. The van der Waals surface area contributed by atoms with Gasteiger partial charge in [0.05, 0.1) is 11.3 Å². The molecule has 0 saturated carbocycles. The summed E-state index contributed by atoms with van der Waals surface area (Å²) >= 11 is 0. The Morgan fingerprint density at radius 3 is 2.62 bits per heavy atom. The van der Waals surface area contributed by atoms with Gasteiger partial charge in [0.2, 0.25) is 0 Å². The quantitative estimate of drug-likeness (QED) is 0.637. The molecule has 0 bridgehead atoms. The highest BCUT2D eigenvalue weighted by molar-refractivity contribution is 5.95. The number of aromatic amines is 2. The Bertz CT molecular complexity index is 968. The molecule has 3 heterocycles. The number of rotatable bonds is 6. The summed E-state index contributed by atoms with van der Waals surface area (Å²) in [7, 11) is 0. The molecule has 156 valence electrons.